The fraction of sp³-hybridized carbons (Fsp3) is 0.500. The van der Waals surface area contributed by atoms with Crippen LogP contribution in [0.25, 0.3) is 0 Å². The fourth-order valence-corrected chi connectivity index (χ4v) is 2.67. The smallest absolute Gasteiger partial charge is 0.137 e. The molecule has 0 fully saturated rings. The van der Waals surface area contributed by atoms with Gasteiger partial charge in [-0.15, -0.1) is 11.3 Å². The van der Waals surface area contributed by atoms with Gasteiger partial charge in [0.25, 0.3) is 0 Å². The van der Waals surface area contributed by atoms with Crippen LogP contribution in [0.5, 0.6) is 0 Å². The molecule has 19 heavy (non-hydrogen) atoms. The van der Waals surface area contributed by atoms with Gasteiger partial charge in [-0.3, -0.25) is 0 Å². The van der Waals surface area contributed by atoms with Crippen LogP contribution in [0.1, 0.15) is 36.1 Å². The zero-order valence-corrected chi connectivity index (χ0v) is 12.7. The molecule has 0 aliphatic rings. The van der Waals surface area contributed by atoms with E-state index in [2.05, 4.69) is 39.5 Å². The van der Waals surface area contributed by atoms with Crippen molar-refractivity contribution in [3.8, 4) is 0 Å². The first kappa shape index (κ1) is 13.9. The highest BCUT2D eigenvalue weighted by Gasteiger charge is 2.08. The van der Waals surface area contributed by atoms with E-state index in [0.29, 0.717) is 12.3 Å². The molecule has 0 aliphatic heterocycles. The van der Waals surface area contributed by atoms with Gasteiger partial charge in [0.15, 0.2) is 0 Å². The molecule has 0 unspecified atom stereocenters. The predicted molar refractivity (Wildman–Crippen MR) is 79.8 cm³/mol. The predicted octanol–water partition coefficient (Wildman–Crippen LogP) is 3.07. The molecule has 5 heteroatoms. The Morgan fingerprint density at radius 2 is 2.05 bits per heavy atom. The van der Waals surface area contributed by atoms with Gasteiger partial charge in [0.05, 0.1) is 6.42 Å². The van der Waals surface area contributed by atoms with E-state index in [4.69, 9.17) is 0 Å². The van der Waals surface area contributed by atoms with Crippen LogP contribution in [0.4, 0.5) is 5.82 Å². The van der Waals surface area contributed by atoms with Crippen molar-refractivity contribution in [1.29, 1.82) is 0 Å². The molecule has 102 valence electrons. The third kappa shape index (κ3) is 3.99. The second kappa shape index (κ2) is 6.10. The molecule has 0 aliphatic carbocycles. The lowest BCUT2D eigenvalue weighted by atomic mass is 10.1. The maximum absolute atomic E-state index is 4.64. The number of nitrogens with one attached hydrogen (secondary N) is 1. The van der Waals surface area contributed by atoms with Crippen molar-refractivity contribution in [3.05, 3.63) is 33.7 Å². The third-order valence-corrected chi connectivity index (χ3v) is 3.64. The Bertz CT molecular complexity index is 548. The van der Waals surface area contributed by atoms with Gasteiger partial charge < -0.3 is 5.32 Å². The standard InChI is InChI=1S/C14H20N4S/c1-9(2)5-11-6-12(15-4)18-13(17-11)7-14-16-10(3)8-19-14/h6,8-9H,5,7H2,1-4H3,(H,15,17,18). The molecule has 2 aromatic heterocycles. The van der Waals surface area contributed by atoms with Gasteiger partial charge in [-0.05, 0) is 19.3 Å². The third-order valence-electron chi connectivity index (χ3n) is 2.67. The number of anilines is 1. The maximum atomic E-state index is 4.64. The molecule has 0 aromatic carbocycles. The van der Waals surface area contributed by atoms with Crippen LogP contribution in [0.2, 0.25) is 0 Å². The van der Waals surface area contributed by atoms with E-state index in [1.807, 2.05) is 20.0 Å². The summed E-state index contributed by atoms with van der Waals surface area (Å²) >= 11 is 1.67. The van der Waals surface area contributed by atoms with Crippen molar-refractivity contribution in [2.24, 2.45) is 5.92 Å². The van der Waals surface area contributed by atoms with Gasteiger partial charge in [-0.1, -0.05) is 13.8 Å². The highest BCUT2D eigenvalue weighted by molar-refractivity contribution is 7.09. The number of thiazole rings is 1. The number of hydrogen-bond donors (Lipinski definition) is 1. The van der Waals surface area contributed by atoms with Gasteiger partial charge in [0.2, 0.25) is 0 Å². The molecule has 2 rings (SSSR count). The Kier molecular flexibility index (Phi) is 4.47. The molecular formula is C14H20N4S. The number of aromatic nitrogens is 3. The Morgan fingerprint density at radius 1 is 1.26 bits per heavy atom. The molecule has 0 saturated carbocycles. The van der Waals surface area contributed by atoms with Crippen LogP contribution in [-0.2, 0) is 12.8 Å². The zero-order chi connectivity index (χ0) is 13.8. The summed E-state index contributed by atoms with van der Waals surface area (Å²) in [6.45, 7) is 6.41. The lowest BCUT2D eigenvalue weighted by molar-refractivity contribution is 0.631. The van der Waals surface area contributed by atoms with Gasteiger partial charge in [-0.25, -0.2) is 15.0 Å². The van der Waals surface area contributed by atoms with Gasteiger partial charge >= 0.3 is 0 Å². The van der Waals surface area contributed by atoms with E-state index >= 15 is 0 Å². The number of nitrogens with zero attached hydrogens (tertiary/aromatic N) is 3. The summed E-state index contributed by atoms with van der Waals surface area (Å²) in [5.41, 5.74) is 2.16. The first-order valence-electron chi connectivity index (χ1n) is 6.52. The highest BCUT2D eigenvalue weighted by Crippen LogP contribution is 2.15. The van der Waals surface area contributed by atoms with Crippen LogP contribution in [0.15, 0.2) is 11.4 Å². The van der Waals surface area contributed by atoms with E-state index in [0.717, 1.165) is 34.5 Å². The quantitative estimate of drug-likeness (QED) is 0.912. The summed E-state index contributed by atoms with van der Waals surface area (Å²) < 4.78 is 0. The minimum Gasteiger partial charge on any atom is -0.373 e. The average Bonchev–Trinajstić information content (AvgIpc) is 2.73. The second-order valence-corrected chi connectivity index (χ2v) is 6.01. The molecule has 0 saturated heterocycles. The molecule has 2 heterocycles. The molecule has 0 bridgehead atoms. The lowest BCUT2D eigenvalue weighted by Crippen LogP contribution is -2.06. The summed E-state index contributed by atoms with van der Waals surface area (Å²) in [6, 6.07) is 2.02. The lowest BCUT2D eigenvalue weighted by Gasteiger charge is -2.08. The molecule has 0 radical (unpaired) electrons. The zero-order valence-electron chi connectivity index (χ0n) is 11.9. The highest BCUT2D eigenvalue weighted by atomic mass is 32.1. The van der Waals surface area contributed by atoms with Gasteiger partial charge in [-0.2, -0.15) is 0 Å². The Labute approximate surface area is 118 Å². The van der Waals surface area contributed by atoms with Crippen molar-refractivity contribution in [1.82, 2.24) is 15.0 Å². The van der Waals surface area contributed by atoms with E-state index in [-0.39, 0.29) is 0 Å². The molecule has 4 nitrogen and oxygen atoms in total. The minimum absolute atomic E-state index is 0.592. The van der Waals surface area contributed by atoms with Crippen molar-refractivity contribution >= 4 is 17.2 Å². The van der Waals surface area contributed by atoms with Crippen molar-refractivity contribution in [2.45, 2.75) is 33.6 Å². The number of hydrogen-bond acceptors (Lipinski definition) is 5. The van der Waals surface area contributed by atoms with Crippen LogP contribution >= 0.6 is 11.3 Å². The van der Waals surface area contributed by atoms with E-state index in [9.17, 15) is 0 Å². The molecular weight excluding hydrogens is 256 g/mol. The number of rotatable bonds is 5. The summed E-state index contributed by atoms with van der Waals surface area (Å²) in [4.78, 5) is 13.6. The number of aryl methyl sites for hydroxylation is 1. The van der Waals surface area contributed by atoms with Gasteiger partial charge in [0.1, 0.15) is 16.6 Å². The second-order valence-electron chi connectivity index (χ2n) is 5.07. The Morgan fingerprint density at radius 3 is 2.63 bits per heavy atom. The normalized spacial score (nSPS) is 11.0. The maximum Gasteiger partial charge on any atom is 0.137 e. The Hall–Kier alpha value is -1.49. The van der Waals surface area contributed by atoms with E-state index in [1.54, 1.807) is 11.3 Å². The van der Waals surface area contributed by atoms with Crippen LogP contribution < -0.4 is 5.32 Å². The van der Waals surface area contributed by atoms with Gasteiger partial charge in [0, 0.05) is 29.9 Å². The molecule has 2 aromatic rings. The van der Waals surface area contributed by atoms with Crippen LogP contribution in [0.3, 0.4) is 0 Å². The Balaban J connectivity index is 2.23. The molecule has 0 atom stereocenters. The average molecular weight is 276 g/mol. The fourth-order valence-electron chi connectivity index (χ4n) is 1.90. The summed E-state index contributed by atoms with van der Waals surface area (Å²) in [5.74, 6) is 2.32. The van der Waals surface area contributed by atoms with Crippen molar-refractivity contribution < 1.29 is 0 Å². The first-order chi connectivity index (χ1) is 9.06. The van der Waals surface area contributed by atoms with E-state index < -0.39 is 0 Å². The van der Waals surface area contributed by atoms with Crippen LogP contribution in [0, 0.1) is 12.8 Å². The van der Waals surface area contributed by atoms with Crippen molar-refractivity contribution in [2.75, 3.05) is 12.4 Å². The summed E-state index contributed by atoms with van der Waals surface area (Å²) in [5, 5.41) is 6.24. The topological polar surface area (TPSA) is 50.7 Å². The van der Waals surface area contributed by atoms with Crippen molar-refractivity contribution in [3.63, 3.8) is 0 Å². The molecule has 0 spiro atoms. The largest absolute Gasteiger partial charge is 0.373 e. The summed E-state index contributed by atoms with van der Waals surface area (Å²) in [7, 11) is 1.89. The summed E-state index contributed by atoms with van der Waals surface area (Å²) in [6.07, 6.45) is 1.68. The van der Waals surface area contributed by atoms with Crippen LogP contribution in [-0.4, -0.2) is 22.0 Å². The SMILES string of the molecule is CNc1cc(CC(C)C)nc(Cc2nc(C)cs2)n1. The first-order valence-corrected chi connectivity index (χ1v) is 7.40. The monoisotopic (exact) mass is 276 g/mol. The molecule has 0 amide bonds. The minimum atomic E-state index is 0.592. The van der Waals surface area contributed by atoms with E-state index in [1.165, 1.54) is 0 Å². The molecule has 1 N–H and O–H groups in total.